The molecule has 0 radical (unpaired) electrons. The van der Waals surface area contributed by atoms with Crippen molar-refractivity contribution in [3.8, 4) is 0 Å². The third-order valence-electron chi connectivity index (χ3n) is 3.07. The molecule has 2 aromatic rings. The standard InChI is InChI=1S/C15H13ClN2O6S/c1-2-24-15(19)11-9-10(7-8-12(11)16)17-25(22,23)14-6-4-3-5-13(14)18(20)21/h3-9,17H,2H2,1H3. The van der Waals surface area contributed by atoms with Crippen LogP contribution in [0.5, 0.6) is 0 Å². The molecule has 0 unspecified atom stereocenters. The zero-order valence-corrected chi connectivity index (χ0v) is 14.5. The summed E-state index contributed by atoms with van der Waals surface area (Å²) in [7, 11) is -4.24. The van der Waals surface area contributed by atoms with Gasteiger partial charge in [-0.3, -0.25) is 14.8 Å². The molecule has 25 heavy (non-hydrogen) atoms. The Balaban J connectivity index is 2.41. The highest BCUT2D eigenvalue weighted by atomic mass is 35.5. The number of hydrogen-bond donors (Lipinski definition) is 1. The van der Waals surface area contributed by atoms with E-state index in [1.54, 1.807) is 6.92 Å². The number of hydrogen-bond acceptors (Lipinski definition) is 6. The summed E-state index contributed by atoms with van der Waals surface area (Å²) in [6.07, 6.45) is 0. The maximum Gasteiger partial charge on any atom is 0.339 e. The van der Waals surface area contributed by atoms with Crippen molar-refractivity contribution in [1.29, 1.82) is 0 Å². The molecular formula is C15H13ClN2O6S. The van der Waals surface area contributed by atoms with E-state index in [0.29, 0.717) is 0 Å². The molecule has 10 heteroatoms. The van der Waals surface area contributed by atoms with Gasteiger partial charge in [0.2, 0.25) is 0 Å². The van der Waals surface area contributed by atoms with Crippen LogP contribution in [0.4, 0.5) is 11.4 Å². The topological polar surface area (TPSA) is 116 Å². The molecule has 2 aromatic carbocycles. The predicted molar refractivity (Wildman–Crippen MR) is 91.3 cm³/mol. The minimum absolute atomic E-state index is 0.0191. The first kappa shape index (κ1) is 18.7. The predicted octanol–water partition coefficient (Wildman–Crippen LogP) is 3.23. The van der Waals surface area contributed by atoms with Crippen molar-refractivity contribution >= 4 is 39.0 Å². The summed E-state index contributed by atoms with van der Waals surface area (Å²) in [6, 6.07) is 8.78. The second-order valence-electron chi connectivity index (χ2n) is 4.75. The van der Waals surface area contributed by atoms with Crippen LogP contribution < -0.4 is 4.72 Å². The van der Waals surface area contributed by atoms with E-state index >= 15 is 0 Å². The fourth-order valence-electron chi connectivity index (χ4n) is 2.00. The third-order valence-corrected chi connectivity index (χ3v) is 4.82. The SMILES string of the molecule is CCOC(=O)c1cc(NS(=O)(=O)c2ccccc2[N+](=O)[O-])ccc1Cl. The molecule has 0 bridgehead atoms. The molecule has 1 N–H and O–H groups in total. The van der Waals surface area contributed by atoms with E-state index in [1.165, 1.54) is 30.3 Å². The first-order valence-corrected chi connectivity index (χ1v) is 8.85. The van der Waals surface area contributed by atoms with Crippen LogP contribution in [0.1, 0.15) is 17.3 Å². The van der Waals surface area contributed by atoms with Crippen molar-refractivity contribution in [2.24, 2.45) is 0 Å². The molecule has 0 atom stereocenters. The lowest BCUT2D eigenvalue weighted by molar-refractivity contribution is -0.387. The molecule has 0 aliphatic rings. The van der Waals surface area contributed by atoms with Crippen LogP contribution in [0.15, 0.2) is 47.4 Å². The van der Waals surface area contributed by atoms with E-state index < -0.39 is 31.5 Å². The number of anilines is 1. The normalized spacial score (nSPS) is 11.0. The Morgan fingerprint density at radius 1 is 1.28 bits per heavy atom. The van der Waals surface area contributed by atoms with Gasteiger partial charge in [0.25, 0.3) is 15.7 Å². The minimum atomic E-state index is -4.24. The summed E-state index contributed by atoms with van der Waals surface area (Å²) in [4.78, 5) is 21.6. The Hall–Kier alpha value is -2.65. The summed E-state index contributed by atoms with van der Waals surface area (Å²) < 4.78 is 31.9. The number of carbonyl (C=O) groups excluding carboxylic acids is 1. The molecule has 0 saturated carbocycles. The molecule has 0 fully saturated rings. The van der Waals surface area contributed by atoms with Crippen molar-refractivity contribution in [3.05, 3.63) is 63.2 Å². The first-order valence-electron chi connectivity index (χ1n) is 6.99. The number of rotatable bonds is 6. The van der Waals surface area contributed by atoms with Crippen LogP contribution in [0, 0.1) is 10.1 Å². The Bertz CT molecular complexity index is 929. The Kier molecular flexibility index (Phi) is 5.60. The lowest BCUT2D eigenvalue weighted by Crippen LogP contribution is -2.15. The smallest absolute Gasteiger partial charge is 0.339 e. The van der Waals surface area contributed by atoms with E-state index in [1.807, 2.05) is 0 Å². The van der Waals surface area contributed by atoms with Gasteiger partial charge in [0.05, 0.1) is 22.1 Å². The van der Waals surface area contributed by atoms with Gasteiger partial charge in [0.15, 0.2) is 4.90 Å². The fourth-order valence-corrected chi connectivity index (χ4v) is 3.42. The molecule has 0 aromatic heterocycles. The minimum Gasteiger partial charge on any atom is -0.462 e. The van der Waals surface area contributed by atoms with Crippen LogP contribution in [0.3, 0.4) is 0 Å². The van der Waals surface area contributed by atoms with Crippen LogP contribution in [-0.4, -0.2) is 25.9 Å². The second-order valence-corrected chi connectivity index (χ2v) is 6.80. The van der Waals surface area contributed by atoms with Crippen LogP contribution in [0.25, 0.3) is 0 Å². The van der Waals surface area contributed by atoms with Crippen molar-refractivity contribution < 1.29 is 22.9 Å². The largest absolute Gasteiger partial charge is 0.462 e. The molecular weight excluding hydrogens is 372 g/mol. The van der Waals surface area contributed by atoms with E-state index in [0.717, 1.165) is 12.1 Å². The molecule has 0 aliphatic carbocycles. The van der Waals surface area contributed by atoms with Gasteiger partial charge >= 0.3 is 5.97 Å². The lowest BCUT2D eigenvalue weighted by atomic mass is 10.2. The van der Waals surface area contributed by atoms with Gasteiger partial charge in [-0.1, -0.05) is 23.7 Å². The molecule has 132 valence electrons. The van der Waals surface area contributed by atoms with Crippen LogP contribution in [-0.2, 0) is 14.8 Å². The Morgan fingerprint density at radius 3 is 2.60 bits per heavy atom. The van der Waals surface area contributed by atoms with Gasteiger partial charge in [0.1, 0.15) is 0 Å². The number of sulfonamides is 1. The van der Waals surface area contributed by atoms with Crippen molar-refractivity contribution in [3.63, 3.8) is 0 Å². The molecule has 0 spiro atoms. The van der Waals surface area contributed by atoms with E-state index in [2.05, 4.69) is 4.72 Å². The van der Waals surface area contributed by atoms with Gasteiger partial charge in [-0.25, -0.2) is 13.2 Å². The number of nitro benzene ring substituents is 1. The number of nitrogens with one attached hydrogen (secondary N) is 1. The molecule has 0 saturated heterocycles. The fraction of sp³-hybridized carbons (Fsp3) is 0.133. The monoisotopic (exact) mass is 384 g/mol. The van der Waals surface area contributed by atoms with Gasteiger partial charge in [0, 0.05) is 11.8 Å². The van der Waals surface area contributed by atoms with E-state index in [4.69, 9.17) is 16.3 Å². The quantitative estimate of drug-likeness (QED) is 0.464. The molecule has 0 amide bonds. The second kappa shape index (κ2) is 7.49. The van der Waals surface area contributed by atoms with Crippen molar-refractivity contribution in [1.82, 2.24) is 0 Å². The lowest BCUT2D eigenvalue weighted by Gasteiger charge is -2.10. The van der Waals surface area contributed by atoms with Crippen LogP contribution >= 0.6 is 11.6 Å². The number of nitro groups is 1. The Labute approximate surface area is 148 Å². The molecule has 2 rings (SSSR count). The molecule has 0 heterocycles. The number of para-hydroxylation sites is 1. The molecule has 0 aliphatic heterocycles. The van der Waals surface area contributed by atoms with Gasteiger partial charge < -0.3 is 4.74 Å². The number of ether oxygens (including phenoxy) is 1. The van der Waals surface area contributed by atoms with Gasteiger partial charge in [-0.05, 0) is 31.2 Å². The van der Waals surface area contributed by atoms with Crippen molar-refractivity contribution in [2.45, 2.75) is 11.8 Å². The van der Waals surface area contributed by atoms with Crippen LogP contribution in [0.2, 0.25) is 5.02 Å². The third kappa shape index (κ3) is 4.25. The average molecular weight is 385 g/mol. The molecule has 8 nitrogen and oxygen atoms in total. The first-order chi connectivity index (χ1) is 11.8. The number of esters is 1. The van der Waals surface area contributed by atoms with E-state index in [9.17, 15) is 23.3 Å². The van der Waals surface area contributed by atoms with Crippen molar-refractivity contribution in [2.75, 3.05) is 11.3 Å². The maximum absolute atomic E-state index is 12.5. The summed E-state index contributed by atoms with van der Waals surface area (Å²) in [5, 5.41) is 11.1. The summed E-state index contributed by atoms with van der Waals surface area (Å²) in [5.74, 6) is -0.709. The number of benzene rings is 2. The average Bonchev–Trinajstić information content (AvgIpc) is 2.56. The highest BCUT2D eigenvalue weighted by Gasteiger charge is 2.25. The number of nitrogens with zero attached hydrogens (tertiary/aromatic N) is 1. The van der Waals surface area contributed by atoms with Gasteiger partial charge in [-0.15, -0.1) is 0 Å². The van der Waals surface area contributed by atoms with E-state index in [-0.39, 0.29) is 22.9 Å². The zero-order chi connectivity index (χ0) is 18.6. The summed E-state index contributed by atoms with van der Waals surface area (Å²) in [6.45, 7) is 1.74. The van der Waals surface area contributed by atoms with Gasteiger partial charge in [-0.2, -0.15) is 0 Å². The Morgan fingerprint density at radius 2 is 1.96 bits per heavy atom. The zero-order valence-electron chi connectivity index (χ0n) is 12.9. The highest BCUT2D eigenvalue weighted by Crippen LogP contribution is 2.27. The summed E-state index contributed by atoms with van der Waals surface area (Å²) in [5.41, 5.74) is -0.563. The number of halogens is 1. The maximum atomic E-state index is 12.5. The number of carbonyl (C=O) groups is 1. The summed E-state index contributed by atoms with van der Waals surface area (Å²) >= 11 is 5.91. The highest BCUT2D eigenvalue weighted by molar-refractivity contribution is 7.92.